The maximum absolute atomic E-state index is 11.4. The molecule has 4 nitrogen and oxygen atoms in total. The lowest BCUT2D eigenvalue weighted by molar-refractivity contribution is -0.151. The van der Waals surface area contributed by atoms with Gasteiger partial charge in [-0.3, -0.25) is 9.59 Å². The summed E-state index contributed by atoms with van der Waals surface area (Å²) in [5.41, 5.74) is -0.415. The lowest BCUT2D eigenvalue weighted by Crippen LogP contribution is -2.34. The predicted molar refractivity (Wildman–Crippen MR) is 51.6 cm³/mol. The average Bonchev–Trinajstić information content (AvgIpc) is 2.46. The van der Waals surface area contributed by atoms with Gasteiger partial charge in [-0.25, -0.2) is 0 Å². The van der Waals surface area contributed by atoms with Crippen molar-refractivity contribution in [2.24, 2.45) is 5.41 Å². The van der Waals surface area contributed by atoms with Crippen LogP contribution in [0.2, 0.25) is 0 Å². The largest absolute Gasteiger partial charge is 0.469 e. The van der Waals surface area contributed by atoms with Crippen LogP contribution in [0.3, 0.4) is 0 Å². The van der Waals surface area contributed by atoms with E-state index in [4.69, 9.17) is 4.74 Å². The minimum atomic E-state index is -0.415. The number of hydrogen-bond donors (Lipinski definition) is 1. The van der Waals surface area contributed by atoms with Crippen LogP contribution in [-0.4, -0.2) is 25.0 Å². The van der Waals surface area contributed by atoms with Gasteiger partial charge in [0.25, 0.3) is 0 Å². The quantitative estimate of drug-likeness (QED) is 0.671. The van der Waals surface area contributed by atoms with E-state index in [9.17, 15) is 9.59 Å². The molecule has 0 spiro atoms. The molecule has 0 saturated heterocycles. The maximum atomic E-state index is 11.4. The summed E-state index contributed by atoms with van der Waals surface area (Å²) in [6.07, 6.45) is 2.31. The highest BCUT2D eigenvalue weighted by Crippen LogP contribution is 2.38. The summed E-state index contributed by atoms with van der Waals surface area (Å²) >= 11 is 0. The van der Waals surface area contributed by atoms with Gasteiger partial charge in [-0.05, 0) is 26.2 Å². The third kappa shape index (κ3) is 2.25. The van der Waals surface area contributed by atoms with E-state index in [1.165, 1.54) is 14.0 Å². The van der Waals surface area contributed by atoms with Gasteiger partial charge in [0, 0.05) is 13.0 Å². The van der Waals surface area contributed by atoms with Crippen molar-refractivity contribution in [3.8, 4) is 0 Å². The molecule has 0 bridgehead atoms. The zero-order valence-corrected chi connectivity index (χ0v) is 8.92. The van der Waals surface area contributed by atoms with Crippen molar-refractivity contribution in [3.63, 3.8) is 0 Å². The molecular weight excluding hydrogens is 182 g/mol. The molecule has 1 aliphatic carbocycles. The Morgan fingerprint density at radius 2 is 2.14 bits per heavy atom. The molecule has 2 atom stereocenters. The molecule has 1 amide bonds. The van der Waals surface area contributed by atoms with Crippen LogP contribution in [0, 0.1) is 5.41 Å². The molecule has 14 heavy (non-hydrogen) atoms. The van der Waals surface area contributed by atoms with Crippen molar-refractivity contribution in [1.82, 2.24) is 5.32 Å². The van der Waals surface area contributed by atoms with Crippen LogP contribution >= 0.6 is 0 Å². The van der Waals surface area contributed by atoms with Crippen molar-refractivity contribution in [3.05, 3.63) is 0 Å². The summed E-state index contributed by atoms with van der Waals surface area (Å²) in [6.45, 7) is 3.38. The second-order valence-electron chi connectivity index (χ2n) is 4.19. The predicted octanol–water partition coefficient (Wildman–Crippen LogP) is 0.854. The van der Waals surface area contributed by atoms with E-state index in [2.05, 4.69) is 5.32 Å². The highest BCUT2D eigenvalue weighted by Gasteiger charge is 2.42. The first-order chi connectivity index (χ1) is 6.48. The highest BCUT2D eigenvalue weighted by molar-refractivity contribution is 5.77. The third-order valence-corrected chi connectivity index (χ3v) is 2.83. The van der Waals surface area contributed by atoms with E-state index in [1.54, 1.807) is 0 Å². The Labute approximate surface area is 84.0 Å². The first kappa shape index (κ1) is 11.0. The molecule has 0 aromatic rings. The zero-order valence-electron chi connectivity index (χ0n) is 8.92. The number of carbonyl (C=O) groups excluding carboxylic acids is 2. The monoisotopic (exact) mass is 199 g/mol. The van der Waals surface area contributed by atoms with Gasteiger partial charge >= 0.3 is 5.97 Å². The lowest BCUT2D eigenvalue weighted by Gasteiger charge is -2.20. The van der Waals surface area contributed by atoms with E-state index in [0.29, 0.717) is 6.42 Å². The van der Waals surface area contributed by atoms with Crippen LogP contribution in [0.1, 0.15) is 33.1 Å². The molecule has 0 radical (unpaired) electrons. The molecule has 0 aliphatic heterocycles. The van der Waals surface area contributed by atoms with E-state index < -0.39 is 5.41 Å². The minimum Gasteiger partial charge on any atom is -0.469 e. The molecule has 1 saturated carbocycles. The number of amides is 1. The van der Waals surface area contributed by atoms with Gasteiger partial charge < -0.3 is 10.1 Å². The van der Waals surface area contributed by atoms with Gasteiger partial charge in [0.1, 0.15) is 0 Å². The van der Waals surface area contributed by atoms with Crippen LogP contribution in [-0.2, 0) is 14.3 Å². The first-order valence-electron chi connectivity index (χ1n) is 4.83. The fourth-order valence-corrected chi connectivity index (χ4v) is 2.08. The smallest absolute Gasteiger partial charge is 0.311 e. The Balaban J connectivity index is 2.55. The summed E-state index contributed by atoms with van der Waals surface area (Å²) in [6, 6.07) is 0.122. The van der Waals surface area contributed by atoms with Crippen molar-refractivity contribution in [2.75, 3.05) is 7.11 Å². The van der Waals surface area contributed by atoms with Gasteiger partial charge in [-0.1, -0.05) is 0 Å². The number of methoxy groups -OCH3 is 1. The third-order valence-electron chi connectivity index (χ3n) is 2.83. The number of esters is 1. The molecule has 2 unspecified atom stereocenters. The second kappa shape index (κ2) is 3.98. The van der Waals surface area contributed by atoms with Crippen LogP contribution in [0.5, 0.6) is 0 Å². The highest BCUT2D eigenvalue weighted by atomic mass is 16.5. The molecule has 0 aromatic carbocycles. The number of hydrogen-bond acceptors (Lipinski definition) is 3. The summed E-state index contributed by atoms with van der Waals surface area (Å²) in [7, 11) is 1.40. The fourth-order valence-electron chi connectivity index (χ4n) is 2.08. The number of nitrogens with one attached hydrogen (secondary N) is 1. The van der Waals surface area contributed by atoms with Gasteiger partial charge in [-0.2, -0.15) is 0 Å². The topological polar surface area (TPSA) is 55.4 Å². The molecular formula is C10H17NO3. The molecule has 0 aromatic heterocycles. The van der Waals surface area contributed by atoms with E-state index >= 15 is 0 Å². The Bertz CT molecular complexity index is 252. The molecule has 1 N–H and O–H groups in total. The molecule has 1 fully saturated rings. The molecule has 4 heteroatoms. The van der Waals surface area contributed by atoms with Gasteiger partial charge in [0.05, 0.1) is 12.5 Å². The lowest BCUT2D eigenvalue weighted by atomic mass is 9.89. The van der Waals surface area contributed by atoms with E-state index in [1.807, 2.05) is 6.92 Å². The fraction of sp³-hybridized carbons (Fsp3) is 0.800. The number of ether oxygens (including phenoxy) is 1. The Hall–Kier alpha value is -1.06. The SMILES string of the molecule is COC(=O)C1(C)CCC(NC(C)=O)C1. The van der Waals surface area contributed by atoms with Gasteiger partial charge in [0.2, 0.25) is 5.91 Å². The average molecular weight is 199 g/mol. The van der Waals surface area contributed by atoms with Crippen molar-refractivity contribution < 1.29 is 14.3 Å². The normalized spacial score (nSPS) is 31.2. The van der Waals surface area contributed by atoms with Crippen LogP contribution in [0.25, 0.3) is 0 Å². The van der Waals surface area contributed by atoms with Crippen molar-refractivity contribution in [2.45, 2.75) is 39.2 Å². The Morgan fingerprint density at radius 1 is 1.50 bits per heavy atom. The van der Waals surface area contributed by atoms with Crippen molar-refractivity contribution in [1.29, 1.82) is 0 Å². The Morgan fingerprint density at radius 3 is 2.64 bits per heavy atom. The number of carbonyl (C=O) groups is 2. The second-order valence-corrected chi connectivity index (χ2v) is 4.19. The van der Waals surface area contributed by atoms with E-state index in [0.717, 1.165) is 12.8 Å². The minimum absolute atomic E-state index is 0.0379. The summed E-state index contributed by atoms with van der Waals surface area (Å²) in [5.74, 6) is -0.213. The molecule has 80 valence electrons. The maximum Gasteiger partial charge on any atom is 0.311 e. The van der Waals surface area contributed by atoms with Gasteiger partial charge in [-0.15, -0.1) is 0 Å². The van der Waals surface area contributed by atoms with E-state index in [-0.39, 0.29) is 17.9 Å². The molecule has 1 rings (SSSR count). The molecule has 1 aliphatic rings. The van der Waals surface area contributed by atoms with Crippen LogP contribution in [0.15, 0.2) is 0 Å². The van der Waals surface area contributed by atoms with Crippen LogP contribution < -0.4 is 5.32 Å². The zero-order chi connectivity index (χ0) is 10.8. The summed E-state index contributed by atoms with van der Waals surface area (Å²) in [4.78, 5) is 22.3. The van der Waals surface area contributed by atoms with Gasteiger partial charge in [0.15, 0.2) is 0 Å². The summed E-state index contributed by atoms with van der Waals surface area (Å²) < 4.78 is 4.74. The Kier molecular flexibility index (Phi) is 3.13. The van der Waals surface area contributed by atoms with Crippen molar-refractivity contribution >= 4 is 11.9 Å². The summed E-state index contributed by atoms with van der Waals surface area (Å²) in [5, 5.41) is 2.83. The van der Waals surface area contributed by atoms with Crippen LogP contribution in [0.4, 0.5) is 0 Å². The standard InChI is InChI=1S/C10H17NO3/c1-7(12)11-8-4-5-10(2,6-8)9(13)14-3/h8H,4-6H2,1-3H3,(H,11,12). The molecule has 0 heterocycles. The first-order valence-corrected chi connectivity index (χ1v) is 4.83. The number of rotatable bonds is 2.